The molecular formula is C26H47NO. The van der Waals surface area contributed by atoms with E-state index in [4.69, 9.17) is 5.11 Å². The monoisotopic (exact) mass is 389 g/mol. The van der Waals surface area contributed by atoms with Crippen LogP contribution in [-0.4, -0.2) is 11.7 Å². The molecule has 2 unspecified atom stereocenters. The van der Waals surface area contributed by atoms with Crippen LogP contribution in [0.4, 0.5) is 0 Å². The summed E-state index contributed by atoms with van der Waals surface area (Å²) in [6.45, 7) is 33.1. The summed E-state index contributed by atoms with van der Waals surface area (Å²) in [7, 11) is 0. The molecule has 0 aromatic carbocycles. The largest absolute Gasteiger partial charge is 0.397 e. The van der Waals surface area contributed by atoms with E-state index < -0.39 is 0 Å². The van der Waals surface area contributed by atoms with Crippen molar-refractivity contribution in [2.75, 3.05) is 6.61 Å². The fourth-order valence-electron chi connectivity index (χ4n) is 1.85. The van der Waals surface area contributed by atoms with Crippen LogP contribution in [0.5, 0.6) is 0 Å². The molecule has 0 amide bonds. The third-order valence-electron chi connectivity index (χ3n) is 4.31. The molecule has 0 aliphatic heterocycles. The molecule has 0 rings (SSSR count). The molecule has 0 aliphatic rings. The molecule has 0 radical (unpaired) electrons. The third-order valence-corrected chi connectivity index (χ3v) is 4.31. The van der Waals surface area contributed by atoms with E-state index in [9.17, 15) is 0 Å². The van der Waals surface area contributed by atoms with Gasteiger partial charge in [-0.3, -0.25) is 0 Å². The van der Waals surface area contributed by atoms with Crippen molar-refractivity contribution in [1.29, 1.82) is 0 Å². The predicted molar refractivity (Wildman–Crippen MR) is 132 cm³/mol. The molecule has 28 heavy (non-hydrogen) atoms. The van der Waals surface area contributed by atoms with Crippen LogP contribution in [0.15, 0.2) is 86.1 Å². The van der Waals surface area contributed by atoms with Crippen LogP contribution in [0.25, 0.3) is 0 Å². The predicted octanol–water partition coefficient (Wildman–Crippen LogP) is 8.16. The fourth-order valence-corrected chi connectivity index (χ4v) is 1.85. The highest BCUT2D eigenvalue weighted by atomic mass is 16.2. The number of allylic oxidation sites excluding steroid dienone is 8. The molecule has 0 bridgehead atoms. The Morgan fingerprint density at radius 3 is 1.64 bits per heavy atom. The second-order valence-corrected chi connectivity index (χ2v) is 6.61. The molecule has 0 saturated carbocycles. The van der Waals surface area contributed by atoms with Crippen LogP contribution in [0.3, 0.4) is 0 Å². The number of hydrogen-bond acceptors (Lipinski definition) is 2. The Balaban J connectivity index is -0.000000434. The Hall–Kier alpha value is -1.90. The van der Waals surface area contributed by atoms with Crippen molar-refractivity contribution < 1.29 is 5.11 Å². The zero-order valence-corrected chi connectivity index (χ0v) is 19.4. The lowest BCUT2D eigenvalue weighted by Crippen LogP contribution is -2.00. The first-order valence-electron chi connectivity index (χ1n) is 9.94. The Morgan fingerprint density at radius 1 is 0.821 bits per heavy atom. The lowest BCUT2D eigenvalue weighted by Gasteiger charge is -2.14. The van der Waals surface area contributed by atoms with Crippen LogP contribution >= 0.6 is 0 Å². The standard InChI is InChI=1S/C22H34.C2H6O.C2H4.H3N/c1-9-17(3)11-13-19(5)21(7)15-16-22(8)20(6)14-12-18(4)10-2;1-2-3;1-2;/h11,13,15-16,18,20H,3,5,7-10,12,14H2,1-2,4,6H3;3H,2H2,1H3;1-2H2;1H3/b13-11-,16-15-;;;. The minimum atomic E-state index is 0. The van der Waals surface area contributed by atoms with Gasteiger partial charge >= 0.3 is 0 Å². The van der Waals surface area contributed by atoms with Gasteiger partial charge in [0.15, 0.2) is 0 Å². The van der Waals surface area contributed by atoms with E-state index in [2.05, 4.69) is 73.2 Å². The summed E-state index contributed by atoms with van der Waals surface area (Å²) in [6, 6.07) is 0. The van der Waals surface area contributed by atoms with Crippen LogP contribution < -0.4 is 6.15 Å². The SMILES string of the molecule is C=C.C=C(/C=C\C(=C)C(=C)/C=C\C(=C)C(C)CCC(C)CC)CC.CCO.N. The van der Waals surface area contributed by atoms with E-state index in [1.54, 1.807) is 6.92 Å². The van der Waals surface area contributed by atoms with Gasteiger partial charge in [-0.2, -0.15) is 0 Å². The van der Waals surface area contributed by atoms with Gasteiger partial charge in [0.05, 0.1) is 0 Å². The van der Waals surface area contributed by atoms with Crippen molar-refractivity contribution in [1.82, 2.24) is 6.15 Å². The van der Waals surface area contributed by atoms with Gasteiger partial charge in [-0.15, -0.1) is 13.2 Å². The maximum atomic E-state index is 7.57. The summed E-state index contributed by atoms with van der Waals surface area (Å²) in [5.41, 5.74) is 4.11. The molecule has 2 atom stereocenters. The summed E-state index contributed by atoms with van der Waals surface area (Å²) in [5.74, 6) is 1.31. The average Bonchev–Trinajstić information content (AvgIpc) is 2.69. The van der Waals surface area contributed by atoms with Gasteiger partial charge in [-0.1, -0.05) is 102 Å². The van der Waals surface area contributed by atoms with Gasteiger partial charge in [0.25, 0.3) is 0 Å². The van der Waals surface area contributed by atoms with Crippen LogP contribution in [-0.2, 0) is 0 Å². The molecule has 2 nitrogen and oxygen atoms in total. The zero-order valence-electron chi connectivity index (χ0n) is 19.4. The van der Waals surface area contributed by atoms with Gasteiger partial charge in [-0.25, -0.2) is 0 Å². The molecule has 2 heteroatoms. The summed E-state index contributed by atoms with van der Waals surface area (Å²) in [4.78, 5) is 0. The first kappa shape index (κ1) is 33.7. The van der Waals surface area contributed by atoms with E-state index in [-0.39, 0.29) is 12.8 Å². The van der Waals surface area contributed by atoms with Gasteiger partial charge < -0.3 is 11.3 Å². The van der Waals surface area contributed by atoms with Gasteiger partial charge in [0.2, 0.25) is 0 Å². The van der Waals surface area contributed by atoms with Crippen molar-refractivity contribution in [3.05, 3.63) is 86.1 Å². The van der Waals surface area contributed by atoms with Crippen molar-refractivity contribution >= 4 is 0 Å². The first-order valence-corrected chi connectivity index (χ1v) is 9.94. The molecule has 0 aromatic rings. The Labute approximate surface area is 176 Å². The van der Waals surface area contributed by atoms with Crippen molar-refractivity contribution in [3.8, 4) is 0 Å². The second kappa shape index (κ2) is 23.1. The highest BCUT2D eigenvalue weighted by Crippen LogP contribution is 2.21. The zero-order chi connectivity index (χ0) is 21.8. The van der Waals surface area contributed by atoms with E-state index in [0.717, 1.165) is 29.1 Å². The van der Waals surface area contributed by atoms with Crippen LogP contribution in [0.2, 0.25) is 0 Å². The number of rotatable bonds is 11. The molecule has 0 aromatic heterocycles. The molecule has 162 valence electrons. The summed E-state index contributed by atoms with van der Waals surface area (Å²) in [6.07, 6.45) is 12.7. The molecule has 0 fully saturated rings. The van der Waals surface area contributed by atoms with Crippen molar-refractivity contribution in [2.45, 2.75) is 60.3 Å². The Kier molecular flexibility index (Phi) is 27.8. The average molecular weight is 390 g/mol. The smallest absolute Gasteiger partial charge is 0.0402 e. The second-order valence-electron chi connectivity index (χ2n) is 6.61. The van der Waals surface area contributed by atoms with E-state index in [1.165, 1.54) is 24.8 Å². The van der Waals surface area contributed by atoms with E-state index >= 15 is 0 Å². The molecule has 0 aliphatic carbocycles. The Bertz CT molecular complexity index is 497. The maximum Gasteiger partial charge on any atom is 0.0402 e. The van der Waals surface area contributed by atoms with Gasteiger partial charge in [-0.05, 0) is 42.7 Å². The minimum absolute atomic E-state index is 0. The summed E-state index contributed by atoms with van der Waals surface area (Å²) < 4.78 is 0. The Morgan fingerprint density at radius 2 is 1.25 bits per heavy atom. The number of aliphatic hydroxyl groups is 1. The third kappa shape index (κ3) is 20.4. The van der Waals surface area contributed by atoms with Gasteiger partial charge in [0.1, 0.15) is 0 Å². The van der Waals surface area contributed by atoms with Crippen LogP contribution in [0, 0.1) is 11.8 Å². The highest BCUT2D eigenvalue weighted by molar-refractivity contribution is 5.45. The summed E-state index contributed by atoms with van der Waals surface area (Å²) >= 11 is 0. The minimum Gasteiger partial charge on any atom is -0.397 e. The van der Waals surface area contributed by atoms with Crippen molar-refractivity contribution in [3.63, 3.8) is 0 Å². The van der Waals surface area contributed by atoms with Gasteiger partial charge in [0, 0.05) is 6.61 Å². The van der Waals surface area contributed by atoms with Crippen molar-refractivity contribution in [2.24, 2.45) is 11.8 Å². The molecule has 0 saturated heterocycles. The number of hydrogen-bond donors (Lipinski definition) is 2. The maximum absolute atomic E-state index is 7.57. The summed E-state index contributed by atoms with van der Waals surface area (Å²) in [5, 5.41) is 7.57. The lowest BCUT2D eigenvalue weighted by molar-refractivity contribution is 0.318. The molecule has 0 spiro atoms. The fraction of sp³-hybridized carbons (Fsp3) is 0.462. The first-order chi connectivity index (χ1) is 12.7. The van der Waals surface area contributed by atoms with E-state index in [1.807, 2.05) is 18.2 Å². The van der Waals surface area contributed by atoms with Crippen LogP contribution in [0.1, 0.15) is 60.3 Å². The normalized spacial score (nSPS) is 11.9. The molecular weight excluding hydrogens is 342 g/mol. The molecule has 0 heterocycles. The lowest BCUT2D eigenvalue weighted by atomic mass is 9.91. The topological polar surface area (TPSA) is 55.2 Å². The highest BCUT2D eigenvalue weighted by Gasteiger charge is 2.07. The quantitative estimate of drug-likeness (QED) is 0.276. The molecule has 4 N–H and O–H groups in total. The van der Waals surface area contributed by atoms with E-state index in [0.29, 0.717) is 5.92 Å². The number of aliphatic hydroxyl groups excluding tert-OH is 1.